The highest BCUT2D eigenvalue weighted by molar-refractivity contribution is 5.89. The molecule has 0 spiro atoms. The Balaban J connectivity index is 2.24. The number of carbonyl (C=O) groups is 1. The van der Waals surface area contributed by atoms with E-state index in [9.17, 15) is 20.2 Å². The molecule has 0 aromatic heterocycles. The molecule has 1 aromatic carbocycles. The molecule has 1 aliphatic heterocycles. The summed E-state index contributed by atoms with van der Waals surface area (Å²) >= 11 is 0. The molecule has 22 heavy (non-hydrogen) atoms. The molecule has 0 bridgehead atoms. The molecule has 1 aromatic rings. The quantitative estimate of drug-likeness (QED) is 0.294. The van der Waals surface area contributed by atoms with E-state index in [4.69, 9.17) is 20.2 Å². The van der Waals surface area contributed by atoms with Gasteiger partial charge in [-0.2, -0.15) is 5.23 Å². The highest BCUT2D eigenvalue weighted by Gasteiger charge is 2.42. The van der Waals surface area contributed by atoms with Crippen molar-refractivity contribution in [3.8, 4) is 0 Å². The molecule has 0 saturated carbocycles. The second-order valence-corrected chi connectivity index (χ2v) is 4.81. The van der Waals surface area contributed by atoms with Crippen molar-refractivity contribution >= 4 is 17.3 Å². The van der Waals surface area contributed by atoms with Crippen LogP contribution in [-0.2, 0) is 4.74 Å². The lowest BCUT2D eigenvalue weighted by atomic mass is 10.1. The lowest BCUT2D eigenvalue weighted by Crippen LogP contribution is -2.99. The molecular formula is C12H16N2O8. The van der Waals surface area contributed by atoms with Crippen molar-refractivity contribution in [1.29, 1.82) is 0 Å². The lowest BCUT2D eigenvalue weighted by molar-refractivity contribution is -0.991. The molecule has 1 heterocycles. The highest BCUT2D eigenvalue weighted by Crippen LogP contribution is 2.24. The maximum atomic E-state index is 11.0. The number of aliphatic hydroxyl groups is 3. The molecule has 1 aliphatic rings. The minimum Gasteiger partial charge on any atom is -0.595 e. The van der Waals surface area contributed by atoms with Gasteiger partial charge in [-0.25, -0.2) is 10.0 Å². The van der Waals surface area contributed by atoms with Gasteiger partial charge in [0.1, 0.15) is 18.3 Å². The number of hydrogen-bond acceptors (Lipinski definition) is 8. The Morgan fingerprint density at radius 3 is 2.50 bits per heavy atom. The average molecular weight is 316 g/mol. The predicted molar refractivity (Wildman–Crippen MR) is 70.6 cm³/mol. The van der Waals surface area contributed by atoms with Gasteiger partial charge < -0.3 is 35.7 Å². The molecule has 10 nitrogen and oxygen atoms in total. The van der Waals surface area contributed by atoms with Gasteiger partial charge in [-0.3, -0.25) is 0 Å². The minimum absolute atomic E-state index is 0.0899. The van der Waals surface area contributed by atoms with Crippen molar-refractivity contribution in [2.75, 3.05) is 11.9 Å². The van der Waals surface area contributed by atoms with Crippen LogP contribution in [0, 0.1) is 5.21 Å². The number of quaternary nitrogens is 1. The number of rotatable bonds is 5. The third-order valence-corrected chi connectivity index (χ3v) is 3.28. The van der Waals surface area contributed by atoms with Gasteiger partial charge >= 0.3 is 5.97 Å². The van der Waals surface area contributed by atoms with E-state index in [0.29, 0.717) is 0 Å². The van der Waals surface area contributed by atoms with Gasteiger partial charge in [0.25, 0.3) is 0 Å². The normalized spacial score (nSPS) is 29.3. The van der Waals surface area contributed by atoms with Crippen molar-refractivity contribution in [1.82, 2.24) is 0 Å². The van der Waals surface area contributed by atoms with Gasteiger partial charge in [0.2, 0.25) is 0 Å². The largest absolute Gasteiger partial charge is 0.595 e. The molecule has 2 rings (SSSR count). The number of ether oxygens (including phenoxy) is 1. The summed E-state index contributed by atoms with van der Waals surface area (Å²) in [6.45, 7) is -0.508. The van der Waals surface area contributed by atoms with Crippen LogP contribution in [0.15, 0.2) is 18.2 Å². The standard InChI is InChI=1S/C12H16N2O8/c15-4-8-9(16)10(17)11(22-8)13-6-1-5(12(18)19)2-7(3-6)14(20)21/h1-3,8-11,13-17,20H,4H2,(H,18,19)/t8-,9+,10-,11+/m0/s1. The third kappa shape index (κ3) is 3.34. The Kier molecular flexibility index (Phi) is 4.93. The molecule has 5 atom stereocenters. The number of carboxylic acid groups (broad SMARTS) is 1. The summed E-state index contributed by atoms with van der Waals surface area (Å²) in [5, 5.41) is 58.7. The van der Waals surface area contributed by atoms with E-state index < -0.39 is 42.3 Å². The smallest absolute Gasteiger partial charge is 0.335 e. The average Bonchev–Trinajstić information content (AvgIpc) is 2.74. The number of hydrogen-bond donors (Lipinski definition) is 7. The zero-order valence-electron chi connectivity index (χ0n) is 11.2. The number of benzene rings is 1. The second kappa shape index (κ2) is 6.54. The van der Waals surface area contributed by atoms with E-state index in [2.05, 4.69) is 5.32 Å². The molecule has 122 valence electrons. The van der Waals surface area contributed by atoms with E-state index in [1.165, 1.54) is 12.1 Å². The van der Waals surface area contributed by atoms with E-state index in [1.807, 2.05) is 0 Å². The SMILES string of the molecule is O=C(O)c1cc(N[C@@H]2O[C@@H](CO)[C@@H](O)[C@@H]2O)cc([NH+]([O-])O)c1. The highest BCUT2D eigenvalue weighted by atomic mass is 16.8. The summed E-state index contributed by atoms with van der Waals surface area (Å²) in [5.74, 6) is -1.31. The maximum absolute atomic E-state index is 11.0. The molecule has 1 unspecified atom stereocenters. The predicted octanol–water partition coefficient (Wildman–Crippen LogP) is -2.36. The number of carboxylic acids is 1. The summed E-state index contributed by atoms with van der Waals surface area (Å²) in [5.41, 5.74) is -0.421. The van der Waals surface area contributed by atoms with Crippen LogP contribution < -0.4 is 10.5 Å². The molecule has 1 fully saturated rings. The molecule has 1 saturated heterocycles. The second-order valence-electron chi connectivity index (χ2n) is 4.81. The summed E-state index contributed by atoms with van der Waals surface area (Å²) in [6, 6.07) is 3.33. The number of aliphatic hydroxyl groups excluding tert-OH is 3. The molecular weight excluding hydrogens is 300 g/mol. The van der Waals surface area contributed by atoms with Gasteiger partial charge in [0, 0.05) is 17.8 Å². The fourth-order valence-corrected chi connectivity index (χ4v) is 2.14. The first-order valence-electron chi connectivity index (χ1n) is 6.34. The molecule has 0 aliphatic carbocycles. The fraction of sp³-hybridized carbons (Fsp3) is 0.417. The number of aromatic carboxylic acids is 1. The summed E-state index contributed by atoms with van der Waals surface area (Å²) in [6.07, 6.45) is -4.78. The zero-order valence-corrected chi connectivity index (χ0v) is 11.2. The Bertz CT molecular complexity index is 552. The Labute approximate surface area is 124 Å². The third-order valence-electron chi connectivity index (χ3n) is 3.28. The Morgan fingerprint density at radius 2 is 2.00 bits per heavy atom. The van der Waals surface area contributed by atoms with Crippen LogP contribution in [0.2, 0.25) is 0 Å². The first kappa shape index (κ1) is 16.6. The Hall–Kier alpha value is -1.79. The number of anilines is 1. The van der Waals surface area contributed by atoms with Crippen molar-refractivity contribution in [3.05, 3.63) is 29.0 Å². The molecule has 0 radical (unpaired) electrons. The van der Waals surface area contributed by atoms with E-state index in [-0.39, 0.29) is 16.9 Å². The van der Waals surface area contributed by atoms with Crippen LogP contribution in [0.5, 0.6) is 0 Å². The topological polar surface area (TPSA) is 167 Å². The van der Waals surface area contributed by atoms with Crippen LogP contribution in [-0.4, -0.2) is 62.7 Å². The van der Waals surface area contributed by atoms with E-state index in [0.717, 1.165) is 6.07 Å². The number of nitrogens with one attached hydrogen (secondary N) is 2. The molecule has 7 N–H and O–H groups in total. The van der Waals surface area contributed by atoms with Gasteiger partial charge in [-0.05, 0) is 6.07 Å². The van der Waals surface area contributed by atoms with Crippen LogP contribution in [0.1, 0.15) is 10.4 Å². The first-order chi connectivity index (χ1) is 10.3. The fourth-order valence-electron chi connectivity index (χ4n) is 2.14. The van der Waals surface area contributed by atoms with Gasteiger partial charge in [0.05, 0.1) is 12.2 Å². The van der Waals surface area contributed by atoms with Crippen molar-refractivity contribution in [2.24, 2.45) is 0 Å². The van der Waals surface area contributed by atoms with Gasteiger partial charge in [-0.1, -0.05) is 0 Å². The van der Waals surface area contributed by atoms with Crippen molar-refractivity contribution in [3.63, 3.8) is 0 Å². The maximum Gasteiger partial charge on any atom is 0.335 e. The summed E-state index contributed by atoms with van der Waals surface area (Å²) in [7, 11) is 0. The van der Waals surface area contributed by atoms with Crippen LogP contribution in [0.4, 0.5) is 11.4 Å². The summed E-state index contributed by atoms with van der Waals surface area (Å²) in [4.78, 5) is 11.0. The van der Waals surface area contributed by atoms with Crippen LogP contribution in [0.3, 0.4) is 0 Å². The molecule has 0 amide bonds. The summed E-state index contributed by atoms with van der Waals surface area (Å²) < 4.78 is 5.18. The molecule has 10 heteroatoms. The monoisotopic (exact) mass is 316 g/mol. The lowest BCUT2D eigenvalue weighted by Gasteiger charge is -2.19. The first-order valence-corrected chi connectivity index (χ1v) is 6.34. The van der Waals surface area contributed by atoms with Gasteiger partial charge in [0.15, 0.2) is 11.9 Å². The minimum atomic E-state index is -1.36. The van der Waals surface area contributed by atoms with Crippen molar-refractivity contribution < 1.29 is 40.4 Å². The zero-order chi connectivity index (χ0) is 16.4. The van der Waals surface area contributed by atoms with E-state index in [1.54, 1.807) is 0 Å². The Morgan fingerprint density at radius 1 is 1.32 bits per heavy atom. The van der Waals surface area contributed by atoms with Crippen molar-refractivity contribution in [2.45, 2.75) is 24.5 Å². The van der Waals surface area contributed by atoms with Crippen LogP contribution in [0.25, 0.3) is 0 Å². The van der Waals surface area contributed by atoms with Gasteiger partial charge in [-0.15, -0.1) is 0 Å². The van der Waals surface area contributed by atoms with Crippen LogP contribution >= 0.6 is 0 Å². The van der Waals surface area contributed by atoms with E-state index >= 15 is 0 Å².